The predicted octanol–water partition coefficient (Wildman–Crippen LogP) is 2.78. The molecule has 0 spiro atoms. The van der Waals surface area contributed by atoms with E-state index < -0.39 is 0 Å². The summed E-state index contributed by atoms with van der Waals surface area (Å²) in [5.74, 6) is -0.617. The highest BCUT2D eigenvalue weighted by atomic mass is 16.3. The fourth-order valence-electron chi connectivity index (χ4n) is 2.69. The van der Waals surface area contributed by atoms with Crippen LogP contribution in [-0.2, 0) is 0 Å². The van der Waals surface area contributed by atoms with Crippen molar-refractivity contribution in [2.24, 2.45) is 0 Å². The van der Waals surface area contributed by atoms with Gasteiger partial charge >= 0.3 is 0 Å². The van der Waals surface area contributed by atoms with Gasteiger partial charge in [-0.15, -0.1) is 0 Å². The van der Waals surface area contributed by atoms with E-state index in [-0.39, 0.29) is 28.4 Å². The van der Waals surface area contributed by atoms with Crippen LogP contribution >= 0.6 is 0 Å². The summed E-state index contributed by atoms with van der Waals surface area (Å²) in [4.78, 5) is 24.9. The highest BCUT2D eigenvalue weighted by molar-refractivity contribution is 6.29. The highest BCUT2D eigenvalue weighted by Gasteiger charge is 2.32. The van der Waals surface area contributed by atoms with Gasteiger partial charge in [0.1, 0.15) is 5.75 Å². The monoisotopic (exact) mass is 252 g/mol. The quantitative estimate of drug-likeness (QED) is 0.669. The van der Waals surface area contributed by atoms with Gasteiger partial charge in [-0.05, 0) is 31.5 Å². The Balaban J connectivity index is 2.40. The number of rotatable bonds is 0. The molecule has 0 saturated carbocycles. The first kappa shape index (κ1) is 11.7. The second-order valence-electron chi connectivity index (χ2n) is 4.86. The van der Waals surface area contributed by atoms with Gasteiger partial charge in [-0.3, -0.25) is 9.59 Å². The number of carbonyl (C=O) groups is 2. The van der Waals surface area contributed by atoms with Gasteiger partial charge in [-0.1, -0.05) is 23.8 Å². The Hall–Kier alpha value is -2.42. The van der Waals surface area contributed by atoms with Crippen molar-refractivity contribution >= 4 is 11.6 Å². The van der Waals surface area contributed by atoms with E-state index in [4.69, 9.17) is 0 Å². The minimum atomic E-state index is -0.278. The van der Waals surface area contributed by atoms with Crippen LogP contribution in [0.1, 0.15) is 43.0 Å². The molecule has 0 aromatic heterocycles. The molecule has 0 heterocycles. The van der Waals surface area contributed by atoms with Crippen LogP contribution < -0.4 is 0 Å². The van der Waals surface area contributed by atoms with E-state index in [2.05, 4.69) is 0 Å². The van der Waals surface area contributed by atoms with Crippen LogP contribution in [-0.4, -0.2) is 16.7 Å². The van der Waals surface area contributed by atoms with E-state index in [1.165, 1.54) is 6.07 Å². The predicted molar refractivity (Wildman–Crippen MR) is 70.9 cm³/mol. The summed E-state index contributed by atoms with van der Waals surface area (Å²) < 4.78 is 0. The van der Waals surface area contributed by atoms with Crippen LogP contribution in [0, 0.1) is 13.8 Å². The summed E-state index contributed by atoms with van der Waals surface area (Å²) in [6, 6.07) is 8.19. The molecule has 94 valence electrons. The maximum Gasteiger partial charge on any atom is 0.198 e. The van der Waals surface area contributed by atoms with Crippen molar-refractivity contribution in [1.29, 1.82) is 0 Å². The third-order valence-corrected chi connectivity index (χ3v) is 3.47. The summed E-state index contributed by atoms with van der Waals surface area (Å²) in [6.07, 6.45) is 0. The molecule has 1 N–H and O–H groups in total. The van der Waals surface area contributed by atoms with Gasteiger partial charge in [-0.25, -0.2) is 0 Å². The molecular weight excluding hydrogens is 240 g/mol. The molecule has 3 rings (SSSR count). The molecule has 2 aromatic carbocycles. The van der Waals surface area contributed by atoms with Crippen LogP contribution in [0.15, 0.2) is 30.3 Å². The lowest BCUT2D eigenvalue weighted by atomic mass is 9.81. The second-order valence-corrected chi connectivity index (χ2v) is 4.86. The number of phenols is 1. The number of ketones is 2. The normalized spacial score (nSPS) is 13.2. The molecule has 0 atom stereocenters. The number of benzene rings is 2. The first-order valence-electron chi connectivity index (χ1n) is 6.03. The third-order valence-electron chi connectivity index (χ3n) is 3.47. The lowest BCUT2D eigenvalue weighted by Crippen LogP contribution is -2.22. The van der Waals surface area contributed by atoms with Crippen molar-refractivity contribution in [3.05, 3.63) is 63.7 Å². The summed E-state index contributed by atoms with van der Waals surface area (Å²) in [5.41, 5.74) is 2.95. The molecule has 3 heteroatoms. The van der Waals surface area contributed by atoms with Crippen molar-refractivity contribution in [3.63, 3.8) is 0 Å². The van der Waals surface area contributed by atoms with Gasteiger partial charge in [0.25, 0.3) is 0 Å². The van der Waals surface area contributed by atoms with Crippen LogP contribution in [0.5, 0.6) is 5.75 Å². The molecule has 0 saturated heterocycles. The Morgan fingerprint density at radius 3 is 2.37 bits per heavy atom. The molecule has 0 radical (unpaired) electrons. The first-order valence-corrected chi connectivity index (χ1v) is 6.03. The fraction of sp³-hybridized carbons (Fsp3) is 0.125. The number of phenolic OH excluding ortho intramolecular Hbond substituents is 1. The molecule has 3 nitrogen and oxygen atoms in total. The Morgan fingerprint density at radius 2 is 1.63 bits per heavy atom. The number of carbonyl (C=O) groups excluding carboxylic acids is 2. The molecule has 19 heavy (non-hydrogen) atoms. The number of aryl methyl sites for hydroxylation is 2. The molecule has 2 aromatic rings. The molecule has 0 unspecified atom stereocenters. The Morgan fingerprint density at radius 1 is 0.895 bits per heavy atom. The second kappa shape index (κ2) is 3.79. The zero-order chi connectivity index (χ0) is 13.7. The number of aromatic hydroxyl groups is 1. The van der Waals surface area contributed by atoms with E-state index in [0.717, 1.165) is 11.1 Å². The van der Waals surface area contributed by atoms with Gasteiger partial charge in [0.2, 0.25) is 0 Å². The summed E-state index contributed by atoms with van der Waals surface area (Å²) >= 11 is 0. The van der Waals surface area contributed by atoms with Crippen LogP contribution in [0.2, 0.25) is 0 Å². The molecule has 1 aliphatic rings. The summed E-state index contributed by atoms with van der Waals surface area (Å²) in [6.45, 7) is 3.70. The van der Waals surface area contributed by atoms with Gasteiger partial charge in [0, 0.05) is 16.7 Å². The minimum Gasteiger partial charge on any atom is -0.507 e. The number of hydrogen-bond donors (Lipinski definition) is 1. The maximum absolute atomic E-state index is 12.5. The first-order chi connectivity index (χ1) is 9.00. The van der Waals surface area contributed by atoms with Crippen LogP contribution in [0.3, 0.4) is 0 Å². The largest absolute Gasteiger partial charge is 0.507 e. The Labute approximate surface area is 110 Å². The van der Waals surface area contributed by atoms with E-state index in [9.17, 15) is 14.7 Å². The Kier molecular flexibility index (Phi) is 2.32. The average Bonchev–Trinajstić information content (AvgIpc) is 2.34. The van der Waals surface area contributed by atoms with E-state index in [1.54, 1.807) is 18.2 Å². The molecule has 0 bridgehead atoms. The molecule has 0 fully saturated rings. The zero-order valence-corrected chi connectivity index (χ0v) is 10.7. The summed E-state index contributed by atoms with van der Waals surface area (Å²) in [5, 5.41) is 9.84. The molecule has 0 amide bonds. The lowest BCUT2D eigenvalue weighted by molar-refractivity contribution is 0.0976. The van der Waals surface area contributed by atoms with Crippen molar-refractivity contribution in [3.8, 4) is 5.75 Å². The number of hydrogen-bond acceptors (Lipinski definition) is 3. The van der Waals surface area contributed by atoms with Gasteiger partial charge < -0.3 is 5.11 Å². The van der Waals surface area contributed by atoms with Crippen LogP contribution in [0.4, 0.5) is 0 Å². The fourth-order valence-corrected chi connectivity index (χ4v) is 2.69. The highest BCUT2D eigenvalue weighted by Crippen LogP contribution is 2.34. The van der Waals surface area contributed by atoms with E-state index in [0.29, 0.717) is 11.1 Å². The SMILES string of the molecule is Cc1cc(C)c2c(c1)C(=O)c1cccc(O)c1C2=O. The van der Waals surface area contributed by atoms with Crippen molar-refractivity contribution in [2.75, 3.05) is 0 Å². The van der Waals surface area contributed by atoms with Gasteiger partial charge in [0.05, 0.1) is 5.56 Å². The summed E-state index contributed by atoms with van der Waals surface area (Å²) in [7, 11) is 0. The topological polar surface area (TPSA) is 54.4 Å². The van der Waals surface area contributed by atoms with Crippen LogP contribution in [0.25, 0.3) is 0 Å². The minimum absolute atomic E-state index is 0.118. The van der Waals surface area contributed by atoms with E-state index in [1.807, 2.05) is 19.9 Å². The van der Waals surface area contributed by atoms with Crippen molar-refractivity contribution in [2.45, 2.75) is 13.8 Å². The standard InChI is InChI=1S/C16H12O3/c1-8-6-9(2)13-11(7-8)15(18)10-4-3-5-12(17)14(10)16(13)19/h3-7,17H,1-2H3. The average molecular weight is 252 g/mol. The van der Waals surface area contributed by atoms with Crippen molar-refractivity contribution in [1.82, 2.24) is 0 Å². The number of fused-ring (bicyclic) bond motifs is 2. The maximum atomic E-state index is 12.5. The lowest BCUT2D eigenvalue weighted by Gasteiger charge is -2.20. The smallest absolute Gasteiger partial charge is 0.198 e. The zero-order valence-electron chi connectivity index (χ0n) is 10.7. The van der Waals surface area contributed by atoms with Crippen molar-refractivity contribution < 1.29 is 14.7 Å². The van der Waals surface area contributed by atoms with Gasteiger partial charge in [-0.2, -0.15) is 0 Å². The molecular formula is C16H12O3. The van der Waals surface area contributed by atoms with Gasteiger partial charge in [0.15, 0.2) is 11.6 Å². The Bertz CT molecular complexity index is 742. The molecule has 0 aliphatic heterocycles. The third kappa shape index (κ3) is 1.51. The van der Waals surface area contributed by atoms with E-state index >= 15 is 0 Å². The molecule has 1 aliphatic carbocycles.